The zero-order valence-electron chi connectivity index (χ0n) is 15.3. The van der Waals surface area contributed by atoms with Gasteiger partial charge in [0.15, 0.2) is 0 Å². The second kappa shape index (κ2) is 9.48. The number of halogens is 1. The lowest BCUT2D eigenvalue weighted by Gasteiger charge is -2.37. The molecule has 136 valence electrons. The molecule has 1 rings (SSSR count). The summed E-state index contributed by atoms with van der Waals surface area (Å²) in [5.74, 6) is 0.302. The van der Waals surface area contributed by atoms with Crippen molar-refractivity contribution < 1.29 is 9.59 Å². The molecule has 23 heavy (non-hydrogen) atoms. The van der Waals surface area contributed by atoms with Gasteiger partial charge in [0.1, 0.15) is 0 Å². The first-order valence-corrected chi connectivity index (χ1v) is 8.45. The molecule has 5 nitrogen and oxygen atoms in total. The summed E-state index contributed by atoms with van der Waals surface area (Å²) in [5.41, 5.74) is 5.67. The first kappa shape index (κ1) is 22.2. The van der Waals surface area contributed by atoms with Crippen molar-refractivity contribution in [2.24, 2.45) is 23.0 Å². The molecular weight excluding hydrogens is 314 g/mol. The Morgan fingerprint density at radius 3 is 2.52 bits per heavy atom. The topological polar surface area (TPSA) is 66.6 Å². The molecule has 2 atom stereocenters. The lowest BCUT2D eigenvalue weighted by Crippen LogP contribution is -2.49. The SMILES string of the molecule is CCC(C)C(=O)N1CCCC(C(=O)N(C)CC(C)(C)CN)C1.Cl. The Balaban J connectivity index is 0.00000484. The maximum atomic E-state index is 12.6. The third-order valence-electron chi connectivity index (χ3n) is 4.71. The highest BCUT2D eigenvalue weighted by Crippen LogP contribution is 2.22. The Morgan fingerprint density at radius 2 is 2.00 bits per heavy atom. The molecule has 0 radical (unpaired) electrons. The first-order chi connectivity index (χ1) is 10.2. The fourth-order valence-electron chi connectivity index (χ4n) is 2.96. The molecule has 0 saturated carbocycles. The fraction of sp³-hybridized carbons (Fsp3) is 0.882. The monoisotopic (exact) mass is 347 g/mol. The average Bonchev–Trinajstić information content (AvgIpc) is 2.52. The maximum absolute atomic E-state index is 12.6. The van der Waals surface area contributed by atoms with Crippen LogP contribution in [0.4, 0.5) is 0 Å². The third-order valence-corrected chi connectivity index (χ3v) is 4.71. The highest BCUT2D eigenvalue weighted by Gasteiger charge is 2.32. The summed E-state index contributed by atoms with van der Waals surface area (Å²) in [5, 5.41) is 0. The Morgan fingerprint density at radius 1 is 1.39 bits per heavy atom. The number of carbonyl (C=O) groups is 2. The summed E-state index contributed by atoms with van der Waals surface area (Å²) in [4.78, 5) is 28.6. The Kier molecular flexibility index (Phi) is 9.14. The lowest BCUT2D eigenvalue weighted by atomic mass is 9.91. The quantitative estimate of drug-likeness (QED) is 0.800. The Hall–Kier alpha value is -0.810. The van der Waals surface area contributed by atoms with Gasteiger partial charge in [0.05, 0.1) is 5.92 Å². The number of carbonyl (C=O) groups excluding carboxylic acids is 2. The van der Waals surface area contributed by atoms with Crippen LogP contribution in [-0.4, -0.2) is 54.8 Å². The van der Waals surface area contributed by atoms with Gasteiger partial charge >= 0.3 is 0 Å². The van der Waals surface area contributed by atoms with E-state index in [9.17, 15) is 9.59 Å². The smallest absolute Gasteiger partial charge is 0.227 e. The van der Waals surface area contributed by atoms with Crippen molar-refractivity contribution in [1.29, 1.82) is 0 Å². The van der Waals surface area contributed by atoms with Crippen molar-refractivity contribution in [2.75, 3.05) is 33.2 Å². The van der Waals surface area contributed by atoms with E-state index < -0.39 is 0 Å². The fourth-order valence-corrected chi connectivity index (χ4v) is 2.96. The van der Waals surface area contributed by atoms with Crippen LogP contribution in [0.25, 0.3) is 0 Å². The summed E-state index contributed by atoms with van der Waals surface area (Å²) in [7, 11) is 1.84. The molecule has 0 aliphatic carbocycles. The van der Waals surface area contributed by atoms with Crippen molar-refractivity contribution in [2.45, 2.75) is 47.0 Å². The first-order valence-electron chi connectivity index (χ1n) is 8.45. The number of nitrogens with two attached hydrogens (primary N) is 1. The van der Waals surface area contributed by atoms with E-state index in [4.69, 9.17) is 5.73 Å². The molecule has 2 N–H and O–H groups in total. The Bertz CT molecular complexity index is 401. The third kappa shape index (κ3) is 6.30. The number of amides is 2. The van der Waals surface area contributed by atoms with Crippen LogP contribution in [0.15, 0.2) is 0 Å². The summed E-state index contributed by atoms with van der Waals surface area (Å²) in [6.45, 7) is 10.7. The molecule has 0 bridgehead atoms. The molecule has 1 aliphatic heterocycles. The van der Waals surface area contributed by atoms with E-state index in [0.717, 1.165) is 25.8 Å². The van der Waals surface area contributed by atoms with Crippen molar-refractivity contribution in [1.82, 2.24) is 9.80 Å². The molecule has 1 aliphatic rings. The van der Waals surface area contributed by atoms with E-state index in [1.165, 1.54) is 0 Å². The van der Waals surface area contributed by atoms with Crippen LogP contribution in [0.3, 0.4) is 0 Å². The number of piperidine rings is 1. The lowest BCUT2D eigenvalue weighted by molar-refractivity contribution is -0.142. The van der Waals surface area contributed by atoms with Gasteiger partial charge in [-0.3, -0.25) is 9.59 Å². The summed E-state index contributed by atoms with van der Waals surface area (Å²) < 4.78 is 0. The maximum Gasteiger partial charge on any atom is 0.227 e. The normalized spacial score (nSPS) is 19.7. The van der Waals surface area contributed by atoms with Gasteiger partial charge in [-0.25, -0.2) is 0 Å². The molecule has 0 aromatic carbocycles. The predicted octanol–water partition coefficient (Wildman–Crippen LogP) is 2.14. The minimum Gasteiger partial charge on any atom is -0.345 e. The molecule has 0 aromatic heterocycles. The van der Waals surface area contributed by atoms with Crippen LogP contribution < -0.4 is 5.73 Å². The molecule has 1 saturated heterocycles. The zero-order chi connectivity index (χ0) is 16.9. The molecule has 6 heteroatoms. The van der Waals surface area contributed by atoms with Gasteiger partial charge in [-0.15, -0.1) is 12.4 Å². The van der Waals surface area contributed by atoms with Gasteiger partial charge in [-0.2, -0.15) is 0 Å². The van der Waals surface area contributed by atoms with Crippen LogP contribution in [0.1, 0.15) is 47.0 Å². The van der Waals surface area contributed by atoms with E-state index in [1.54, 1.807) is 4.90 Å². The number of hydrogen-bond acceptors (Lipinski definition) is 3. The summed E-state index contributed by atoms with van der Waals surface area (Å²) >= 11 is 0. The number of hydrogen-bond donors (Lipinski definition) is 1. The van der Waals surface area contributed by atoms with E-state index >= 15 is 0 Å². The van der Waals surface area contributed by atoms with Crippen LogP contribution >= 0.6 is 12.4 Å². The van der Waals surface area contributed by atoms with E-state index in [0.29, 0.717) is 19.6 Å². The number of rotatable bonds is 6. The zero-order valence-corrected chi connectivity index (χ0v) is 16.1. The van der Waals surface area contributed by atoms with Gasteiger partial charge in [-0.05, 0) is 31.2 Å². The second-order valence-electron chi connectivity index (χ2n) is 7.50. The van der Waals surface area contributed by atoms with Gasteiger partial charge < -0.3 is 15.5 Å². The molecule has 0 spiro atoms. The molecule has 2 amide bonds. The Labute approximate surface area is 147 Å². The molecule has 2 unspecified atom stereocenters. The molecular formula is C17H34ClN3O2. The standard InChI is InChI=1S/C17H33N3O2.ClH/c1-6-13(2)15(21)20-9-7-8-14(10-20)16(22)19(5)12-17(3,4)11-18;/h13-14H,6-12,18H2,1-5H3;1H. The van der Waals surface area contributed by atoms with Crippen LogP contribution in [-0.2, 0) is 9.59 Å². The molecule has 1 heterocycles. The van der Waals surface area contributed by atoms with Crippen LogP contribution in [0, 0.1) is 17.3 Å². The van der Waals surface area contributed by atoms with E-state index in [2.05, 4.69) is 13.8 Å². The minimum atomic E-state index is -0.0781. The predicted molar refractivity (Wildman–Crippen MR) is 96.5 cm³/mol. The van der Waals surface area contributed by atoms with Gasteiger partial charge in [-0.1, -0.05) is 27.7 Å². The molecule has 0 aromatic rings. The van der Waals surface area contributed by atoms with Crippen molar-refractivity contribution in [3.05, 3.63) is 0 Å². The van der Waals surface area contributed by atoms with Gasteiger partial charge in [0, 0.05) is 32.6 Å². The van der Waals surface area contributed by atoms with Crippen molar-refractivity contribution >= 4 is 24.2 Å². The van der Waals surface area contributed by atoms with Crippen LogP contribution in [0.5, 0.6) is 0 Å². The minimum absolute atomic E-state index is 0. The number of likely N-dealkylation sites (tertiary alicyclic amines) is 1. The largest absolute Gasteiger partial charge is 0.345 e. The van der Waals surface area contributed by atoms with Crippen molar-refractivity contribution in [3.8, 4) is 0 Å². The van der Waals surface area contributed by atoms with Gasteiger partial charge in [0.25, 0.3) is 0 Å². The number of nitrogens with zero attached hydrogens (tertiary/aromatic N) is 2. The second-order valence-corrected chi connectivity index (χ2v) is 7.50. The average molecular weight is 348 g/mol. The van der Waals surface area contributed by atoms with Crippen molar-refractivity contribution in [3.63, 3.8) is 0 Å². The van der Waals surface area contributed by atoms with Crippen LogP contribution in [0.2, 0.25) is 0 Å². The summed E-state index contributed by atoms with van der Waals surface area (Å²) in [6, 6.07) is 0. The van der Waals surface area contributed by atoms with Gasteiger partial charge in [0.2, 0.25) is 11.8 Å². The summed E-state index contributed by atoms with van der Waals surface area (Å²) in [6.07, 6.45) is 2.63. The molecule has 1 fully saturated rings. The highest BCUT2D eigenvalue weighted by atomic mass is 35.5. The highest BCUT2D eigenvalue weighted by molar-refractivity contribution is 5.85. The van der Waals surface area contributed by atoms with E-state index in [-0.39, 0.29) is 41.5 Å². The van der Waals surface area contributed by atoms with E-state index in [1.807, 2.05) is 25.8 Å².